The minimum atomic E-state index is 0.721. The molecule has 0 bridgehead atoms. The van der Waals surface area contributed by atoms with Gasteiger partial charge >= 0.3 is 0 Å². The Morgan fingerprint density at radius 2 is 2.00 bits per heavy atom. The summed E-state index contributed by atoms with van der Waals surface area (Å²) < 4.78 is 1.77. The number of benzene rings is 1. The summed E-state index contributed by atoms with van der Waals surface area (Å²) in [5.41, 5.74) is 3.22. The van der Waals surface area contributed by atoms with E-state index in [0.29, 0.717) is 0 Å². The van der Waals surface area contributed by atoms with E-state index < -0.39 is 0 Å². The number of hydrogen-bond acceptors (Lipinski definition) is 2. The van der Waals surface area contributed by atoms with Crippen LogP contribution in [0.3, 0.4) is 0 Å². The molecule has 0 N–H and O–H groups in total. The van der Waals surface area contributed by atoms with E-state index in [0.717, 1.165) is 27.5 Å². The summed E-state index contributed by atoms with van der Waals surface area (Å²) in [6.45, 7) is 2.03. The number of halogens is 1. The molecule has 0 saturated heterocycles. The van der Waals surface area contributed by atoms with Crippen LogP contribution < -0.4 is 0 Å². The van der Waals surface area contributed by atoms with E-state index in [1.807, 2.05) is 55.7 Å². The lowest BCUT2D eigenvalue weighted by Gasteiger charge is -2.00. The maximum absolute atomic E-state index is 6.00. The Balaban J connectivity index is 2.00. The minimum Gasteiger partial charge on any atom is -0.237 e. The molecule has 2 heterocycles. The first-order chi connectivity index (χ1) is 9.22. The molecule has 4 heteroatoms. The van der Waals surface area contributed by atoms with Crippen molar-refractivity contribution >= 4 is 11.6 Å². The molecule has 3 rings (SSSR count). The normalized spacial score (nSPS) is 10.6. The van der Waals surface area contributed by atoms with E-state index in [-0.39, 0.29) is 0 Å². The molecule has 0 amide bonds. The third-order valence-electron chi connectivity index (χ3n) is 2.88. The second-order valence-electron chi connectivity index (χ2n) is 4.38. The molecule has 3 aromatic rings. The van der Waals surface area contributed by atoms with Crippen LogP contribution in [0.2, 0.25) is 5.02 Å². The molecule has 0 aliphatic heterocycles. The van der Waals surface area contributed by atoms with Gasteiger partial charge in [-0.3, -0.25) is 0 Å². The summed E-state index contributed by atoms with van der Waals surface area (Å²) >= 11 is 6.00. The molecule has 2 aromatic heterocycles. The molecule has 0 saturated carbocycles. The Hall–Kier alpha value is -2.13. The molecule has 3 nitrogen and oxygen atoms in total. The number of pyridine rings is 1. The molecule has 0 aliphatic rings. The van der Waals surface area contributed by atoms with Crippen molar-refractivity contribution in [1.82, 2.24) is 14.8 Å². The Bertz CT molecular complexity index is 659. The molecule has 19 heavy (non-hydrogen) atoms. The van der Waals surface area contributed by atoms with Crippen LogP contribution in [0.4, 0.5) is 0 Å². The predicted octanol–water partition coefficient (Wildman–Crippen LogP) is 3.90. The Morgan fingerprint density at radius 3 is 2.79 bits per heavy atom. The molecule has 0 aliphatic carbocycles. The van der Waals surface area contributed by atoms with Crippen molar-refractivity contribution in [2.24, 2.45) is 0 Å². The summed E-state index contributed by atoms with van der Waals surface area (Å²) in [5.74, 6) is 0.813. The first kappa shape index (κ1) is 11.9. The lowest BCUT2D eigenvalue weighted by molar-refractivity contribution is 0.845. The van der Waals surface area contributed by atoms with Crippen LogP contribution in [0.15, 0.2) is 55.0 Å². The second-order valence-corrected chi connectivity index (χ2v) is 4.81. The average Bonchev–Trinajstić information content (AvgIpc) is 2.88. The van der Waals surface area contributed by atoms with Gasteiger partial charge in [-0.2, -0.15) is 5.10 Å². The zero-order valence-corrected chi connectivity index (χ0v) is 11.2. The lowest BCUT2D eigenvalue weighted by Crippen LogP contribution is -1.97. The van der Waals surface area contributed by atoms with Gasteiger partial charge in [-0.25, -0.2) is 9.67 Å². The van der Waals surface area contributed by atoms with Gasteiger partial charge in [0.2, 0.25) is 0 Å². The summed E-state index contributed by atoms with van der Waals surface area (Å²) in [7, 11) is 0. The highest BCUT2D eigenvalue weighted by molar-refractivity contribution is 6.30. The SMILES string of the molecule is Cc1ccnc(-n2cc(-c3cccc(Cl)c3)cn2)c1. The van der Waals surface area contributed by atoms with E-state index in [2.05, 4.69) is 10.1 Å². The first-order valence-corrected chi connectivity index (χ1v) is 6.34. The highest BCUT2D eigenvalue weighted by Gasteiger charge is 2.04. The van der Waals surface area contributed by atoms with Crippen LogP contribution in [0.5, 0.6) is 0 Å². The van der Waals surface area contributed by atoms with Crippen molar-refractivity contribution in [1.29, 1.82) is 0 Å². The first-order valence-electron chi connectivity index (χ1n) is 5.96. The number of rotatable bonds is 2. The highest BCUT2D eigenvalue weighted by Crippen LogP contribution is 2.22. The second kappa shape index (κ2) is 4.86. The van der Waals surface area contributed by atoms with E-state index in [9.17, 15) is 0 Å². The summed E-state index contributed by atoms with van der Waals surface area (Å²) in [6.07, 6.45) is 5.55. The van der Waals surface area contributed by atoms with Crippen molar-refractivity contribution in [2.75, 3.05) is 0 Å². The molecule has 1 aromatic carbocycles. The zero-order chi connectivity index (χ0) is 13.2. The highest BCUT2D eigenvalue weighted by atomic mass is 35.5. The van der Waals surface area contributed by atoms with Crippen LogP contribution >= 0.6 is 11.6 Å². The maximum atomic E-state index is 6.00. The number of aryl methyl sites for hydroxylation is 1. The van der Waals surface area contributed by atoms with Crippen LogP contribution in [0, 0.1) is 6.92 Å². The van der Waals surface area contributed by atoms with Crippen LogP contribution in [0.25, 0.3) is 16.9 Å². The van der Waals surface area contributed by atoms with Gasteiger partial charge in [0.25, 0.3) is 0 Å². The van der Waals surface area contributed by atoms with Gasteiger partial charge in [-0.1, -0.05) is 23.7 Å². The number of aromatic nitrogens is 3. The Labute approximate surface area is 116 Å². The number of nitrogens with zero attached hydrogens (tertiary/aromatic N) is 3. The van der Waals surface area contributed by atoms with Gasteiger partial charge in [0.05, 0.1) is 6.20 Å². The number of hydrogen-bond donors (Lipinski definition) is 0. The van der Waals surface area contributed by atoms with Gasteiger partial charge in [-0.15, -0.1) is 0 Å². The lowest BCUT2D eigenvalue weighted by atomic mass is 10.1. The van der Waals surface area contributed by atoms with Gasteiger partial charge in [0.15, 0.2) is 5.82 Å². The van der Waals surface area contributed by atoms with Crippen molar-refractivity contribution in [3.63, 3.8) is 0 Å². The molecule has 0 unspecified atom stereocenters. The van der Waals surface area contributed by atoms with Crippen molar-refractivity contribution in [2.45, 2.75) is 6.92 Å². The fourth-order valence-corrected chi connectivity index (χ4v) is 2.10. The standard InChI is InChI=1S/C15H12ClN3/c1-11-5-6-17-15(7-11)19-10-13(9-18-19)12-3-2-4-14(16)8-12/h2-10H,1H3. The molecular weight excluding hydrogens is 258 g/mol. The van der Waals surface area contributed by atoms with Gasteiger partial charge in [0.1, 0.15) is 0 Å². The smallest absolute Gasteiger partial charge is 0.153 e. The fourth-order valence-electron chi connectivity index (χ4n) is 1.91. The maximum Gasteiger partial charge on any atom is 0.153 e. The van der Waals surface area contributed by atoms with E-state index in [1.54, 1.807) is 10.9 Å². The monoisotopic (exact) mass is 269 g/mol. The van der Waals surface area contributed by atoms with Crippen LogP contribution in [-0.4, -0.2) is 14.8 Å². The van der Waals surface area contributed by atoms with Gasteiger partial charge in [0, 0.05) is 23.0 Å². The quantitative estimate of drug-likeness (QED) is 0.706. The molecule has 0 atom stereocenters. The summed E-state index contributed by atoms with van der Waals surface area (Å²) in [4.78, 5) is 4.31. The third kappa shape index (κ3) is 2.51. The van der Waals surface area contributed by atoms with Gasteiger partial charge < -0.3 is 0 Å². The molecule has 0 spiro atoms. The minimum absolute atomic E-state index is 0.721. The predicted molar refractivity (Wildman–Crippen MR) is 76.5 cm³/mol. The Kier molecular flexibility index (Phi) is 3.05. The van der Waals surface area contributed by atoms with Crippen LogP contribution in [-0.2, 0) is 0 Å². The van der Waals surface area contributed by atoms with Gasteiger partial charge in [-0.05, 0) is 42.3 Å². The van der Waals surface area contributed by atoms with Crippen molar-refractivity contribution in [3.8, 4) is 16.9 Å². The summed E-state index contributed by atoms with van der Waals surface area (Å²) in [6, 6.07) is 11.7. The molecule has 0 radical (unpaired) electrons. The molecular formula is C15H12ClN3. The molecule has 94 valence electrons. The van der Waals surface area contributed by atoms with Crippen LogP contribution in [0.1, 0.15) is 5.56 Å². The Morgan fingerprint density at radius 1 is 1.11 bits per heavy atom. The van der Waals surface area contributed by atoms with Crippen molar-refractivity contribution in [3.05, 3.63) is 65.6 Å². The van der Waals surface area contributed by atoms with Crippen molar-refractivity contribution < 1.29 is 0 Å². The largest absolute Gasteiger partial charge is 0.237 e. The van der Waals surface area contributed by atoms with E-state index in [4.69, 9.17) is 11.6 Å². The average molecular weight is 270 g/mol. The van der Waals surface area contributed by atoms with E-state index >= 15 is 0 Å². The fraction of sp³-hybridized carbons (Fsp3) is 0.0667. The van der Waals surface area contributed by atoms with E-state index in [1.165, 1.54) is 0 Å². The zero-order valence-electron chi connectivity index (χ0n) is 10.4. The topological polar surface area (TPSA) is 30.7 Å². The summed E-state index contributed by atoms with van der Waals surface area (Å²) in [5, 5.41) is 5.07. The molecule has 0 fully saturated rings. The third-order valence-corrected chi connectivity index (χ3v) is 3.11.